The molecule has 17 heavy (non-hydrogen) atoms. The van der Waals surface area contributed by atoms with Gasteiger partial charge in [0.25, 0.3) is 0 Å². The van der Waals surface area contributed by atoms with Gasteiger partial charge in [-0.3, -0.25) is 4.68 Å². The Morgan fingerprint density at radius 1 is 1.53 bits per heavy atom. The molecule has 0 aromatic carbocycles. The summed E-state index contributed by atoms with van der Waals surface area (Å²) in [6.07, 6.45) is 4.86. The van der Waals surface area contributed by atoms with Crippen molar-refractivity contribution in [3.8, 4) is 11.5 Å². The highest BCUT2D eigenvalue weighted by Gasteiger charge is 2.16. The SMILES string of the molecule is CCCCC(N)c1nc(-c2ccn(C)n2)no1. The second-order valence-corrected chi connectivity index (χ2v) is 4.08. The zero-order chi connectivity index (χ0) is 12.3. The molecule has 2 heterocycles. The Labute approximate surface area is 99.8 Å². The maximum Gasteiger partial charge on any atom is 0.243 e. The van der Waals surface area contributed by atoms with Crippen LogP contribution in [0.1, 0.15) is 38.1 Å². The Kier molecular flexibility index (Phi) is 3.53. The average molecular weight is 235 g/mol. The van der Waals surface area contributed by atoms with Crippen molar-refractivity contribution in [3.63, 3.8) is 0 Å². The molecule has 1 unspecified atom stereocenters. The van der Waals surface area contributed by atoms with Gasteiger partial charge in [0.05, 0.1) is 6.04 Å². The lowest BCUT2D eigenvalue weighted by Gasteiger charge is -2.03. The zero-order valence-corrected chi connectivity index (χ0v) is 10.1. The highest BCUT2D eigenvalue weighted by atomic mass is 16.5. The minimum absolute atomic E-state index is 0.181. The Hall–Kier alpha value is -1.69. The van der Waals surface area contributed by atoms with Crippen molar-refractivity contribution < 1.29 is 4.52 Å². The van der Waals surface area contributed by atoms with E-state index in [2.05, 4.69) is 22.2 Å². The molecule has 92 valence electrons. The van der Waals surface area contributed by atoms with Crippen molar-refractivity contribution in [2.75, 3.05) is 0 Å². The number of hydrogen-bond donors (Lipinski definition) is 1. The third-order valence-electron chi connectivity index (χ3n) is 2.57. The van der Waals surface area contributed by atoms with Crippen LogP contribution in [0.15, 0.2) is 16.8 Å². The predicted octanol–water partition coefficient (Wildman–Crippen LogP) is 1.66. The molecule has 0 aliphatic carbocycles. The number of unbranched alkanes of at least 4 members (excludes halogenated alkanes) is 1. The summed E-state index contributed by atoms with van der Waals surface area (Å²) >= 11 is 0. The second kappa shape index (κ2) is 5.09. The van der Waals surface area contributed by atoms with E-state index in [-0.39, 0.29) is 6.04 Å². The van der Waals surface area contributed by atoms with E-state index < -0.39 is 0 Å². The molecule has 0 bridgehead atoms. The molecule has 0 amide bonds. The largest absolute Gasteiger partial charge is 0.337 e. The fourth-order valence-corrected chi connectivity index (χ4v) is 1.57. The summed E-state index contributed by atoms with van der Waals surface area (Å²) in [6.45, 7) is 2.12. The molecular weight excluding hydrogens is 218 g/mol. The van der Waals surface area contributed by atoms with Gasteiger partial charge in [-0.25, -0.2) is 0 Å². The summed E-state index contributed by atoms with van der Waals surface area (Å²) in [5.74, 6) is 0.978. The van der Waals surface area contributed by atoms with Crippen molar-refractivity contribution in [1.82, 2.24) is 19.9 Å². The molecule has 0 saturated heterocycles. The van der Waals surface area contributed by atoms with E-state index in [1.165, 1.54) is 0 Å². The number of hydrogen-bond acceptors (Lipinski definition) is 5. The van der Waals surface area contributed by atoms with Gasteiger partial charge in [0.1, 0.15) is 5.69 Å². The van der Waals surface area contributed by atoms with Gasteiger partial charge in [-0.05, 0) is 12.5 Å². The van der Waals surface area contributed by atoms with E-state index in [4.69, 9.17) is 10.3 Å². The Balaban J connectivity index is 2.10. The summed E-state index contributed by atoms with van der Waals surface area (Å²) in [7, 11) is 1.84. The van der Waals surface area contributed by atoms with Crippen molar-refractivity contribution in [2.24, 2.45) is 12.8 Å². The summed E-state index contributed by atoms with van der Waals surface area (Å²) in [5.41, 5.74) is 6.66. The van der Waals surface area contributed by atoms with Gasteiger partial charge in [0, 0.05) is 13.2 Å². The van der Waals surface area contributed by atoms with Gasteiger partial charge in [-0.1, -0.05) is 24.9 Å². The number of nitrogens with two attached hydrogens (primary N) is 1. The number of aryl methyl sites for hydroxylation is 1. The van der Waals surface area contributed by atoms with Gasteiger partial charge in [-0.2, -0.15) is 10.1 Å². The second-order valence-electron chi connectivity index (χ2n) is 4.08. The van der Waals surface area contributed by atoms with Crippen molar-refractivity contribution >= 4 is 0 Å². The summed E-state index contributed by atoms with van der Waals surface area (Å²) in [5, 5.41) is 8.09. The first-order chi connectivity index (χ1) is 8.20. The lowest BCUT2D eigenvalue weighted by Crippen LogP contribution is -2.10. The summed E-state index contributed by atoms with van der Waals surface area (Å²) < 4.78 is 6.85. The lowest BCUT2D eigenvalue weighted by atomic mass is 10.1. The van der Waals surface area contributed by atoms with E-state index >= 15 is 0 Å². The normalized spacial score (nSPS) is 12.9. The van der Waals surface area contributed by atoms with Crippen LogP contribution in [-0.4, -0.2) is 19.9 Å². The Morgan fingerprint density at radius 3 is 3.00 bits per heavy atom. The van der Waals surface area contributed by atoms with Crippen LogP contribution in [0.25, 0.3) is 11.5 Å². The molecule has 0 spiro atoms. The van der Waals surface area contributed by atoms with Crippen LogP contribution in [0, 0.1) is 0 Å². The molecule has 0 fully saturated rings. The number of aromatic nitrogens is 4. The van der Waals surface area contributed by atoms with Crippen LogP contribution >= 0.6 is 0 Å². The minimum atomic E-state index is -0.181. The molecule has 2 aromatic rings. The minimum Gasteiger partial charge on any atom is -0.337 e. The highest BCUT2D eigenvalue weighted by Crippen LogP contribution is 2.18. The van der Waals surface area contributed by atoms with Crippen LogP contribution in [-0.2, 0) is 7.05 Å². The van der Waals surface area contributed by atoms with Crippen LogP contribution in [0.4, 0.5) is 0 Å². The lowest BCUT2D eigenvalue weighted by molar-refractivity contribution is 0.346. The van der Waals surface area contributed by atoms with E-state index in [1.807, 2.05) is 19.3 Å². The van der Waals surface area contributed by atoms with Crippen LogP contribution in [0.2, 0.25) is 0 Å². The van der Waals surface area contributed by atoms with Crippen molar-refractivity contribution in [1.29, 1.82) is 0 Å². The molecule has 2 rings (SSSR count). The summed E-state index contributed by atoms with van der Waals surface area (Å²) in [6, 6.07) is 1.66. The first kappa shape index (κ1) is 11.8. The van der Waals surface area contributed by atoms with Crippen molar-refractivity contribution in [3.05, 3.63) is 18.2 Å². The monoisotopic (exact) mass is 235 g/mol. The molecular formula is C11H17N5O. The van der Waals surface area contributed by atoms with Gasteiger partial charge in [0.15, 0.2) is 0 Å². The van der Waals surface area contributed by atoms with Gasteiger partial charge in [0.2, 0.25) is 11.7 Å². The van der Waals surface area contributed by atoms with E-state index in [0.29, 0.717) is 17.4 Å². The first-order valence-corrected chi connectivity index (χ1v) is 5.80. The highest BCUT2D eigenvalue weighted by molar-refractivity contribution is 5.46. The molecule has 2 N–H and O–H groups in total. The third-order valence-corrected chi connectivity index (χ3v) is 2.57. The molecule has 6 nitrogen and oxygen atoms in total. The topological polar surface area (TPSA) is 82.8 Å². The molecule has 2 aromatic heterocycles. The average Bonchev–Trinajstić information content (AvgIpc) is 2.93. The Bertz CT molecular complexity index is 476. The van der Waals surface area contributed by atoms with E-state index in [0.717, 1.165) is 19.3 Å². The van der Waals surface area contributed by atoms with Crippen LogP contribution in [0.5, 0.6) is 0 Å². The smallest absolute Gasteiger partial charge is 0.243 e. The predicted molar refractivity (Wildman–Crippen MR) is 63.0 cm³/mol. The fraction of sp³-hybridized carbons (Fsp3) is 0.545. The maximum atomic E-state index is 5.96. The van der Waals surface area contributed by atoms with Gasteiger partial charge in [-0.15, -0.1) is 0 Å². The van der Waals surface area contributed by atoms with Gasteiger partial charge >= 0.3 is 0 Å². The van der Waals surface area contributed by atoms with E-state index in [1.54, 1.807) is 4.68 Å². The summed E-state index contributed by atoms with van der Waals surface area (Å²) in [4.78, 5) is 4.27. The van der Waals surface area contributed by atoms with Crippen molar-refractivity contribution in [2.45, 2.75) is 32.2 Å². The van der Waals surface area contributed by atoms with E-state index in [9.17, 15) is 0 Å². The third kappa shape index (κ3) is 2.71. The maximum absolute atomic E-state index is 5.96. The quantitative estimate of drug-likeness (QED) is 0.852. The first-order valence-electron chi connectivity index (χ1n) is 5.80. The van der Waals surface area contributed by atoms with Crippen LogP contribution < -0.4 is 5.73 Å². The zero-order valence-electron chi connectivity index (χ0n) is 10.1. The standard InChI is InChI=1S/C11H17N5O/c1-3-4-5-8(12)11-13-10(15-17-11)9-6-7-16(2)14-9/h6-8H,3-5,12H2,1-2H3. The molecule has 0 aliphatic rings. The van der Waals surface area contributed by atoms with Crippen LogP contribution in [0.3, 0.4) is 0 Å². The molecule has 6 heteroatoms. The molecule has 0 aliphatic heterocycles. The number of nitrogens with zero attached hydrogens (tertiary/aromatic N) is 4. The number of rotatable bonds is 5. The fourth-order valence-electron chi connectivity index (χ4n) is 1.57. The van der Waals surface area contributed by atoms with Gasteiger partial charge < -0.3 is 10.3 Å². The molecule has 0 radical (unpaired) electrons. The Morgan fingerprint density at radius 2 is 2.35 bits per heavy atom. The molecule has 1 atom stereocenters. The molecule has 0 saturated carbocycles.